The van der Waals surface area contributed by atoms with E-state index in [9.17, 15) is 14.7 Å². The maximum Gasteiger partial charge on any atom is 0.329 e. The zero-order valence-corrected chi connectivity index (χ0v) is 16.0. The lowest BCUT2D eigenvalue weighted by Gasteiger charge is -2.31. The molecule has 7 heteroatoms. The van der Waals surface area contributed by atoms with Crippen molar-refractivity contribution < 1.29 is 24.2 Å². The van der Waals surface area contributed by atoms with E-state index in [4.69, 9.17) is 14.9 Å². The summed E-state index contributed by atoms with van der Waals surface area (Å²) in [4.78, 5) is 26.9. The first-order valence-electron chi connectivity index (χ1n) is 8.96. The number of ether oxygens (including phenoxy) is 2. The van der Waals surface area contributed by atoms with E-state index in [1.54, 1.807) is 20.8 Å². The van der Waals surface area contributed by atoms with Crippen LogP contribution in [0.3, 0.4) is 0 Å². The maximum absolute atomic E-state index is 13.0. The molecule has 0 spiro atoms. The van der Waals surface area contributed by atoms with Gasteiger partial charge >= 0.3 is 5.97 Å². The molecule has 1 amide bonds. The molecule has 0 saturated carbocycles. The van der Waals surface area contributed by atoms with Crippen LogP contribution in [-0.4, -0.2) is 59.2 Å². The molecule has 1 heterocycles. The number of aliphatic hydroxyl groups is 1. The normalized spacial score (nSPS) is 20.1. The zero-order chi connectivity index (χ0) is 19.2. The first-order chi connectivity index (χ1) is 11.6. The van der Waals surface area contributed by atoms with E-state index in [0.29, 0.717) is 25.8 Å². The van der Waals surface area contributed by atoms with Crippen LogP contribution in [0.15, 0.2) is 0 Å². The molecule has 0 radical (unpaired) electrons. The van der Waals surface area contributed by atoms with E-state index in [1.165, 1.54) is 12.0 Å². The summed E-state index contributed by atoms with van der Waals surface area (Å²) in [6.07, 6.45) is 2.03. The first-order valence-corrected chi connectivity index (χ1v) is 8.96. The van der Waals surface area contributed by atoms with Gasteiger partial charge in [-0.1, -0.05) is 19.8 Å². The average Bonchev–Trinajstić information content (AvgIpc) is 3.02. The second-order valence-electron chi connectivity index (χ2n) is 7.49. The smallest absolute Gasteiger partial charge is 0.329 e. The highest BCUT2D eigenvalue weighted by atomic mass is 16.6. The van der Waals surface area contributed by atoms with Crippen LogP contribution in [0, 0.1) is 11.3 Å². The van der Waals surface area contributed by atoms with E-state index in [-0.39, 0.29) is 11.8 Å². The summed E-state index contributed by atoms with van der Waals surface area (Å²) < 4.78 is 10.2. The van der Waals surface area contributed by atoms with Crippen molar-refractivity contribution in [2.45, 2.75) is 77.5 Å². The van der Waals surface area contributed by atoms with Crippen LogP contribution in [-0.2, 0) is 19.1 Å². The molecule has 25 heavy (non-hydrogen) atoms. The number of methoxy groups -OCH3 is 1. The molecular weight excluding hydrogens is 324 g/mol. The summed E-state index contributed by atoms with van der Waals surface area (Å²) >= 11 is 0. The van der Waals surface area contributed by atoms with Gasteiger partial charge in [-0.15, -0.1) is 0 Å². The van der Waals surface area contributed by atoms with Gasteiger partial charge in [-0.2, -0.15) is 0 Å². The Morgan fingerprint density at radius 2 is 2.00 bits per heavy atom. The molecule has 0 aromatic heterocycles. The maximum atomic E-state index is 13.0. The summed E-state index contributed by atoms with van der Waals surface area (Å²) in [6, 6.07) is -0.625. The number of likely N-dealkylation sites (tertiary alicyclic amines) is 1. The molecule has 1 saturated heterocycles. The predicted molar refractivity (Wildman–Crippen MR) is 94.3 cm³/mol. The number of nitrogens with zero attached hydrogens (tertiary/aromatic N) is 1. The van der Waals surface area contributed by atoms with Crippen LogP contribution in [0.2, 0.25) is 0 Å². The van der Waals surface area contributed by atoms with E-state index in [2.05, 4.69) is 0 Å². The third-order valence-electron chi connectivity index (χ3n) is 4.27. The van der Waals surface area contributed by atoms with Crippen LogP contribution in [0.5, 0.6) is 0 Å². The van der Waals surface area contributed by atoms with Crippen molar-refractivity contribution in [3.63, 3.8) is 0 Å². The highest BCUT2D eigenvalue weighted by molar-refractivity contribution is 5.91. The molecular formula is C18H32N2O5. The molecule has 7 nitrogen and oxygen atoms in total. The van der Waals surface area contributed by atoms with Gasteiger partial charge < -0.3 is 19.5 Å². The molecule has 3 atom stereocenters. The predicted octanol–water partition coefficient (Wildman–Crippen LogP) is 2.11. The van der Waals surface area contributed by atoms with Gasteiger partial charge in [0.1, 0.15) is 17.7 Å². The first kappa shape index (κ1) is 21.4. The summed E-state index contributed by atoms with van der Waals surface area (Å²) in [5.41, 5.74) is -0.617. The molecule has 0 bridgehead atoms. The molecule has 0 aromatic carbocycles. The van der Waals surface area contributed by atoms with Crippen molar-refractivity contribution in [2.24, 2.45) is 5.92 Å². The van der Waals surface area contributed by atoms with Crippen LogP contribution in [0.25, 0.3) is 0 Å². The van der Waals surface area contributed by atoms with Crippen molar-refractivity contribution in [3.05, 3.63) is 0 Å². The van der Waals surface area contributed by atoms with Crippen molar-refractivity contribution >= 4 is 17.8 Å². The molecule has 1 rings (SSSR count). The molecule has 0 aromatic rings. The zero-order valence-electron chi connectivity index (χ0n) is 16.0. The van der Waals surface area contributed by atoms with Crippen molar-refractivity contribution in [1.29, 1.82) is 5.41 Å². The average molecular weight is 356 g/mol. The molecule has 1 fully saturated rings. The van der Waals surface area contributed by atoms with Gasteiger partial charge in [-0.05, 0) is 40.0 Å². The number of esters is 1. The summed E-state index contributed by atoms with van der Waals surface area (Å²) in [7, 11) is 1.30. The molecule has 1 aliphatic heterocycles. The van der Waals surface area contributed by atoms with Gasteiger partial charge in [-0.3, -0.25) is 10.2 Å². The number of unbranched alkanes of at least 4 members (excludes halogenated alkanes) is 1. The van der Waals surface area contributed by atoms with Crippen LogP contribution < -0.4 is 0 Å². The summed E-state index contributed by atoms with van der Waals surface area (Å²) in [5, 5.41) is 18.0. The van der Waals surface area contributed by atoms with Gasteiger partial charge in [0.2, 0.25) is 11.8 Å². The number of aliphatic hydroxyl groups excluding tert-OH is 1. The van der Waals surface area contributed by atoms with E-state index < -0.39 is 29.6 Å². The fourth-order valence-corrected chi connectivity index (χ4v) is 3.00. The van der Waals surface area contributed by atoms with Crippen LogP contribution in [0.1, 0.15) is 59.8 Å². The van der Waals surface area contributed by atoms with Crippen molar-refractivity contribution in [3.8, 4) is 0 Å². The molecule has 1 aliphatic rings. The second kappa shape index (κ2) is 9.17. The minimum Gasteiger partial charge on any atom is -0.483 e. The Kier molecular flexibility index (Phi) is 7.86. The van der Waals surface area contributed by atoms with E-state index in [0.717, 1.165) is 12.8 Å². The fourth-order valence-electron chi connectivity index (χ4n) is 3.00. The number of hydrogen-bond acceptors (Lipinski definition) is 6. The quantitative estimate of drug-likeness (QED) is 0.413. The lowest BCUT2D eigenvalue weighted by molar-refractivity contribution is -0.164. The van der Waals surface area contributed by atoms with Gasteiger partial charge in [0.15, 0.2) is 0 Å². The third-order valence-corrected chi connectivity index (χ3v) is 4.27. The van der Waals surface area contributed by atoms with E-state index >= 15 is 0 Å². The Bertz CT molecular complexity index is 486. The number of carbonyl (C=O) groups excluding carboxylic acids is 2. The van der Waals surface area contributed by atoms with Crippen molar-refractivity contribution in [1.82, 2.24) is 4.90 Å². The summed E-state index contributed by atoms with van der Waals surface area (Å²) in [5.74, 6) is -1.84. The Labute approximate surface area is 150 Å². The van der Waals surface area contributed by atoms with E-state index in [1.807, 2.05) is 6.92 Å². The monoisotopic (exact) mass is 356 g/mol. The Morgan fingerprint density at radius 1 is 1.36 bits per heavy atom. The number of carbonyl (C=O) groups is 2. The number of nitrogens with one attached hydrogen (secondary N) is 1. The molecule has 144 valence electrons. The fraction of sp³-hybridized carbons (Fsp3) is 0.833. The molecule has 0 unspecified atom stereocenters. The Balaban J connectivity index is 2.93. The van der Waals surface area contributed by atoms with Gasteiger partial charge in [0.05, 0.1) is 13.0 Å². The summed E-state index contributed by atoms with van der Waals surface area (Å²) in [6.45, 7) is 7.83. The lowest BCUT2D eigenvalue weighted by atomic mass is 9.93. The topological polar surface area (TPSA) is 99.9 Å². The van der Waals surface area contributed by atoms with Gasteiger partial charge in [0, 0.05) is 6.54 Å². The minimum atomic E-state index is -1.30. The lowest BCUT2D eigenvalue weighted by Crippen LogP contribution is -2.49. The van der Waals surface area contributed by atoms with Crippen LogP contribution in [0.4, 0.5) is 0 Å². The third kappa shape index (κ3) is 5.99. The van der Waals surface area contributed by atoms with Gasteiger partial charge in [-0.25, -0.2) is 4.79 Å². The van der Waals surface area contributed by atoms with Gasteiger partial charge in [0.25, 0.3) is 0 Å². The number of rotatable bonds is 7. The molecule has 0 aliphatic carbocycles. The van der Waals surface area contributed by atoms with Crippen LogP contribution >= 0.6 is 0 Å². The standard InChI is InChI=1S/C18H32N2O5/c1-6-7-9-12(14(21)15(19)24-5)16(22)20-11-8-10-13(20)17(23)25-18(2,3)4/h12-14,19,21H,6-11H2,1-5H3/t12-,13+,14+/m1/s1. The Morgan fingerprint density at radius 3 is 2.52 bits per heavy atom. The number of hydrogen-bond donors (Lipinski definition) is 2. The highest BCUT2D eigenvalue weighted by Gasteiger charge is 2.41. The SMILES string of the molecule is CCCC[C@@H](C(=O)N1CCC[C@H]1C(=O)OC(C)(C)C)[C@H](O)C(=N)OC. The Hall–Kier alpha value is -1.63. The highest BCUT2D eigenvalue weighted by Crippen LogP contribution is 2.26. The minimum absolute atomic E-state index is 0.309. The number of amides is 1. The largest absolute Gasteiger partial charge is 0.483 e. The molecule has 2 N–H and O–H groups in total. The second-order valence-corrected chi connectivity index (χ2v) is 7.49. The van der Waals surface area contributed by atoms with Crippen molar-refractivity contribution in [2.75, 3.05) is 13.7 Å².